The molecular formula is C15H19NO. The van der Waals surface area contributed by atoms with Crippen molar-refractivity contribution in [3.8, 4) is 0 Å². The molecule has 0 aliphatic carbocycles. The number of carbonyl (C=O) groups is 1. The summed E-state index contributed by atoms with van der Waals surface area (Å²) in [7, 11) is 0. The predicted molar refractivity (Wildman–Crippen MR) is 68.0 cm³/mol. The van der Waals surface area contributed by atoms with Crippen molar-refractivity contribution in [2.45, 2.75) is 44.2 Å². The molecule has 0 saturated carbocycles. The van der Waals surface area contributed by atoms with Crippen LogP contribution < -0.4 is 0 Å². The molecule has 3 rings (SSSR count). The maximum absolute atomic E-state index is 11.6. The highest BCUT2D eigenvalue weighted by atomic mass is 16.1. The first-order chi connectivity index (χ1) is 8.24. The zero-order valence-electron chi connectivity index (χ0n) is 10.3. The maximum atomic E-state index is 11.6. The molecule has 2 saturated heterocycles. The Bertz CT molecular complexity index is 414. The van der Waals surface area contributed by atoms with Crippen LogP contribution in [0, 0.1) is 0 Å². The number of fused-ring (bicyclic) bond motifs is 1. The minimum absolute atomic E-state index is 0.440. The molecule has 2 fully saturated rings. The highest BCUT2D eigenvalue weighted by Gasteiger charge is 2.40. The molecule has 0 bridgehead atoms. The monoisotopic (exact) mass is 229 g/mol. The van der Waals surface area contributed by atoms with Gasteiger partial charge in [-0.3, -0.25) is 9.69 Å². The lowest BCUT2D eigenvalue weighted by atomic mass is 9.93. The second-order valence-electron chi connectivity index (χ2n) is 5.49. The molecule has 0 amide bonds. The maximum Gasteiger partial charge on any atom is 0.136 e. The number of nitrogens with zero attached hydrogens (tertiary/aromatic N) is 1. The number of benzene rings is 1. The number of Topliss-reactive ketones (excluding diaryl/α,β-unsaturated/α-hetero) is 1. The van der Waals surface area contributed by atoms with Crippen LogP contribution in [0.15, 0.2) is 30.3 Å². The van der Waals surface area contributed by atoms with Gasteiger partial charge in [-0.05, 0) is 24.8 Å². The summed E-state index contributed by atoms with van der Waals surface area (Å²) in [6, 6.07) is 11.7. The van der Waals surface area contributed by atoms with Gasteiger partial charge < -0.3 is 0 Å². The molecule has 0 N–H and O–H groups in total. The van der Waals surface area contributed by atoms with Gasteiger partial charge in [-0.2, -0.15) is 0 Å². The van der Waals surface area contributed by atoms with Gasteiger partial charge in [0.05, 0.1) is 0 Å². The summed E-state index contributed by atoms with van der Waals surface area (Å²) < 4.78 is 0. The summed E-state index contributed by atoms with van der Waals surface area (Å²) in [5, 5.41) is 0. The second kappa shape index (κ2) is 4.26. The van der Waals surface area contributed by atoms with Crippen LogP contribution in [0.1, 0.15) is 37.7 Å². The van der Waals surface area contributed by atoms with Crippen LogP contribution in [0.25, 0.3) is 0 Å². The van der Waals surface area contributed by atoms with E-state index in [1.807, 2.05) is 0 Å². The molecule has 2 nitrogen and oxygen atoms in total. The zero-order chi connectivity index (χ0) is 11.8. The molecule has 0 aromatic heterocycles. The topological polar surface area (TPSA) is 20.3 Å². The van der Waals surface area contributed by atoms with E-state index >= 15 is 0 Å². The van der Waals surface area contributed by atoms with Crippen molar-refractivity contribution in [1.29, 1.82) is 0 Å². The van der Waals surface area contributed by atoms with Crippen LogP contribution in [0.3, 0.4) is 0 Å². The Morgan fingerprint density at radius 2 is 1.94 bits per heavy atom. The SMILES string of the molecule is CC1CC(=O)CC2CC(c3ccccc3)CN12. The molecule has 0 radical (unpaired) electrons. The molecule has 0 spiro atoms. The van der Waals surface area contributed by atoms with Gasteiger partial charge in [-0.25, -0.2) is 0 Å². The summed E-state index contributed by atoms with van der Waals surface area (Å²) in [5.74, 6) is 1.07. The second-order valence-corrected chi connectivity index (χ2v) is 5.49. The van der Waals surface area contributed by atoms with E-state index in [0.29, 0.717) is 23.8 Å². The van der Waals surface area contributed by atoms with Crippen molar-refractivity contribution in [2.24, 2.45) is 0 Å². The van der Waals surface area contributed by atoms with Gasteiger partial charge in [0.1, 0.15) is 5.78 Å². The van der Waals surface area contributed by atoms with Crippen molar-refractivity contribution in [1.82, 2.24) is 4.90 Å². The third kappa shape index (κ3) is 2.02. The van der Waals surface area contributed by atoms with E-state index in [0.717, 1.165) is 25.8 Å². The average Bonchev–Trinajstić information content (AvgIpc) is 2.74. The van der Waals surface area contributed by atoms with Gasteiger partial charge in [-0.15, -0.1) is 0 Å². The molecule has 2 heterocycles. The molecule has 17 heavy (non-hydrogen) atoms. The van der Waals surface area contributed by atoms with Crippen LogP contribution in [0.2, 0.25) is 0 Å². The fourth-order valence-corrected chi connectivity index (χ4v) is 3.44. The van der Waals surface area contributed by atoms with Crippen LogP contribution in [-0.4, -0.2) is 29.3 Å². The third-order valence-electron chi connectivity index (χ3n) is 4.28. The fourth-order valence-electron chi connectivity index (χ4n) is 3.44. The number of piperidine rings is 1. The van der Waals surface area contributed by atoms with E-state index in [1.165, 1.54) is 5.56 Å². The first-order valence-corrected chi connectivity index (χ1v) is 6.56. The molecule has 2 aliphatic heterocycles. The van der Waals surface area contributed by atoms with E-state index in [4.69, 9.17) is 0 Å². The van der Waals surface area contributed by atoms with Gasteiger partial charge in [0.15, 0.2) is 0 Å². The molecule has 90 valence electrons. The number of rotatable bonds is 1. The Morgan fingerprint density at radius 1 is 1.18 bits per heavy atom. The summed E-state index contributed by atoms with van der Waals surface area (Å²) in [6.07, 6.45) is 2.67. The van der Waals surface area contributed by atoms with Crippen LogP contribution in [0.4, 0.5) is 0 Å². The molecule has 2 aliphatic rings. The Hall–Kier alpha value is -1.15. The zero-order valence-corrected chi connectivity index (χ0v) is 10.3. The minimum Gasteiger partial charge on any atom is -0.300 e. The van der Waals surface area contributed by atoms with Crippen molar-refractivity contribution in [2.75, 3.05) is 6.54 Å². The summed E-state index contributed by atoms with van der Waals surface area (Å²) >= 11 is 0. The summed E-state index contributed by atoms with van der Waals surface area (Å²) in [6.45, 7) is 3.32. The van der Waals surface area contributed by atoms with E-state index in [-0.39, 0.29) is 0 Å². The van der Waals surface area contributed by atoms with Crippen LogP contribution >= 0.6 is 0 Å². The third-order valence-corrected chi connectivity index (χ3v) is 4.28. The van der Waals surface area contributed by atoms with Crippen LogP contribution in [0.5, 0.6) is 0 Å². The Kier molecular flexibility index (Phi) is 2.75. The normalized spacial score (nSPS) is 33.7. The molecule has 3 unspecified atom stereocenters. The Labute approximate surface area is 103 Å². The Balaban J connectivity index is 1.79. The smallest absolute Gasteiger partial charge is 0.136 e. The lowest BCUT2D eigenvalue weighted by molar-refractivity contribution is -0.124. The van der Waals surface area contributed by atoms with Crippen molar-refractivity contribution < 1.29 is 4.79 Å². The summed E-state index contributed by atoms with van der Waals surface area (Å²) in [4.78, 5) is 14.2. The first kappa shape index (κ1) is 11.0. The average molecular weight is 229 g/mol. The van der Waals surface area contributed by atoms with E-state index < -0.39 is 0 Å². The highest BCUT2D eigenvalue weighted by Crippen LogP contribution is 2.37. The molecule has 1 aromatic rings. The lowest BCUT2D eigenvalue weighted by Gasteiger charge is -2.34. The van der Waals surface area contributed by atoms with Crippen LogP contribution in [-0.2, 0) is 4.79 Å². The predicted octanol–water partition coefficient (Wildman–Crippen LogP) is 2.60. The number of hydrogen-bond donors (Lipinski definition) is 0. The van der Waals surface area contributed by atoms with Crippen molar-refractivity contribution in [3.63, 3.8) is 0 Å². The quantitative estimate of drug-likeness (QED) is 0.737. The number of carbonyl (C=O) groups excluding carboxylic acids is 1. The summed E-state index contributed by atoms with van der Waals surface area (Å²) in [5.41, 5.74) is 1.43. The van der Waals surface area contributed by atoms with Gasteiger partial charge in [0.25, 0.3) is 0 Å². The standard InChI is InChI=1S/C15H19NO/c1-11-7-15(17)9-14-8-13(10-16(11)14)12-5-3-2-4-6-12/h2-6,11,13-14H,7-10H2,1H3. The molecule has 2 heteroatoms. The molecular weight excluding hydrogens is 210 g/mol. The highest BCUT2D eigenvalue weighted by molar-refractivity contribution is 5.80. The van der Waals surface area contributed by atoms with E-state index in [2.05, 4.69) is 42.2 Å². The number of hydrogen-bond acceptors (Lipinski definition) is 2. The Morgan fingerprint density at radius 3 is 2.71 bits per heavy atom. The van der Waals surface area contributed by atoms with Gasteiger partial charge >= 0.3 is 0 Å². The van der Waals surface area contributed by atoms with E-state index in [9.17, 15) is 4.79 Å². The van der Waals surface area contributed by atoms with Gasteiger partial charge in [0.2, 0.25) is 0 Å². The number of ketones is 1. The molecule has 3 atom stereocenters. The minimum atomic E-state index is 0.440. The largest absolute Gasteiger partial charge is 0.300 e. The molecule has 1 aromatic carbocycles. The van der Waals surface area contributed by atoms with Gasteiger partial charge in [0, 0.05) is 31.5 Å². The van der Waals surface area contributed by atoms with Gasteiger partial charge in [-0.1, -0.05) is 30.3 Å². The van der Waals surface area contributed by atoms with E-state index in [1.54, 1.807) is 0 Å². The van der Waals surface area contributed by atoms with Crippen molar-refractivity contribution >= 4 is 5.78 Å². The fraction of sp³-hybridized carbons (Fsp3) is 0.533. The first-order valence-electron chi connectivity index (χ1n) is 6.56. The lowest BCUT2D eigenvalue weighted by Crippen LogP contribution is -2.44. The van der Waals surface area contributed by atoms with Crippen molar-refractivity contribution in [3.05, 3.63) is 35.9 Å².